The Morgan fingerprint density at radius 2 is 1.60 bits per heavy atom. The zero-order valence-electron chi connectivity index (χ0n) is 28.3. The van der Waals surface area contributed by atoms with Gasteiger partial charge < -0.3 is 40.2 Å². The van der Waals surface area contributed by atoms with Crippen LogP contribution in [0, 0.1) is 11.8 Å². The fourth-order valence-electron chi connectivity index (χ4n) is 6.34. The molecule has 2 saturated heterocycles. The predicted octanol–water partition coefficient (Wildman–Crippen LogP) is 1.38. The van der Waals surface area contributed by atoms with E-state index in [1.807, 2.05) is 44.2 Å². The summed E-state index contributed by atoms with van der Waals surface area (Å²) in [6.07, 6.45) is -2.17. The summed E-state index contributed by atoms with van der Waals surface area (Å²) in [5.41, 5.74) is 1.63. The van der Waals surface area contributed by atoms with Crippen LogP contribution in [0.15, 0.2) is 60.7 Å². The van der Waals surface area contributed by atoms with Gasteiger partial charge in [-0.25, -0.2) is 4.79 Å². The van der Waals surface area contributed by atoms with Crippen molar-refractivity contribution in [3.05, 3.63) is 71.8 Å². The van der Waals surface area contributed by atoms with Gasteiger partial charge in [-0.15, -0.1) is 0 Å². The number of carbonyl (C=O) groups is 5. The van der Waals surface area contributed by atoms with Gasteiger partial charge in [-0.2, -0.15) is 0 Å². The first-order valence-corrected chi connectivity index (χ1v) is 16.9. The van der Waals surface area contributed by atoms with Gasteiger partial charge in [-0.1, -0.05) is 74.5 Å². The number of nitrogens with zero attached hydrogens (tertiary/aromatic N) is 1. The molecule has 2 aromatic carbocycles. The Morgan fingerprint density at radius 3 is 2.22 bits per heavy atom. The average molecular weight is 698 g/mol. The number of esters is 1. The summed E-state index contributed by atoms with van der Waals surface area (Å²) in [4.78, 5) is 64.4. The van der Waals surface area contributed by atoms with Crippen LogP contribution in [0.4, 0.5) is 0 Å². The van der Waals surface area contributed by atoms with Crippen molar-refractivity contribution in [1.82, 2.24) is 15.5 Å². The quantitative estimate of drug-likeness (QED) is 0.140. The summed E-state index contributed by atoms with van der Waals surface area (Å²) in [5, 5.41) is 35.1. The third-order valence-corrected chi connectivity index (χ3v) is 8.71. The lowest BCUT2D eigenvalue weighted by molar-refractivity contribution is -0.235. The Kier molecular flexibility index (Phi) is 14.3. The number of carbonyl (C=O) groups excluding carboxylic acids is 3. The summed E-state index contributed by atoms with van der Waals surface area (Å²) in [7, 11) is 0. The van der Waals surface area contributed by atoms with Crippen LogP contribution in [0.25, 0.3) is 0 Å². The highest BCUT2D eigenvalue weighted by atomic mass is 16.7. The highest BCUT2D eigenvalue weighted by molar-refractivity contribution is 5.93. The third kappa shape index (κ3) is 11.6. The largest absolute Gasteiger partial charge is 0.481 e. The van der Waals surface area contributed by atoms with Crippen molar-refractivity contribution in [3.63, 3.8) is 0 Å². The first kappa shape index (κ1) is 38.4. The van der Waals surface area contributed by atoms with Gasteiger partial charge in [0.05, 0.1) is 25.7 Å². The molecule has 14 nitrogen and oxygen atoms in total. The lowest BCUT2D eigenvalue weighted by Gasteiger charge is -2.41. The Labute approximate surface area is 291 Å². The molecule has 0 aromatic heterocycles. The zero-order chi connectivity index (χ0) is 36.2. The monoisotopic (exact) mass is 697 g/mol. The molecule has 2 fully saturated rings. The number of aliphatic carboxylic acids is 2. The second-order valence-electron chi connectivity index (χ2n) is 13.2. The average Bonchev–Trinajstić information content (AvgIpc) is 3.39. The standard InChI is InChI=1S/C36H47N3O11/c1-22(2)20-49-33-16-25-28(40)18-39(34(25)29(50-33)21-48-32(44)14-13-23-9-5-3-6-10-23)19-30(41)37-26(17-31(42)43)35(45)38-27(36(46)47)15-24-11-7-4-8-12-24/h3-12,22,25-29,33-34,40H,13-21H2,1-2H3,(H,37,41)(H,38,45)(H,42,43)(H,46,47)/t25-,26-,27-,28+,29+,33-,34-/m0/s1. The fraction of sp³-hybridized carbons (Fsp3) is 0.528. The van der Waals surface area contributed by atoms with Crippen molar-refractivity contribution in [3.8, 4) is 0 Å². The summed E-state index contributed by atoms with van der Waals surface area (Å²) < 4.78 is 17.8. The summed E-state index contributed by atoms with van der Waals surface area (Å²) in [6.45, 7) is 3.97. The van der Waals surface area contributed by atoms with E-state index >= 15 is 0 Å². The number of carboxylic acid groups (broad SMARTS) is 2. The number of ether oxygens (including phenoxy) is 3. The normalized spacial score (nSPS) is 23.0. The molecule has 50 heavy (non-hydrogen) atoms. The minimum absolute atomic E-state index is 0.0511. The molecule has 272 valence electrons. The van der Waals surface area contributed by atoms with Crippen LogP contribution >= 0.6 is 0 Å². The molecule has 0 unspecified atom stereocenters. The van der Waals surface area contributed by atoms with E-state index in [0.717, 1.165) is 5.56 Å². The third-order valence-electron chi connectivity index (χ3n) is 8.71. The Hall–Kier alpha value is -4.37. The van der Waals surface area contributed by atoms with Gasteiger partial charge in [-0.05, 0) is 23.5 Å². The van der Waals surface area contributed by atoms with Gasteiger partial charge in [-0.3, -0.25) is 24.1 Å². The molecule has 2 amide bonds. The van der Waals surface area contributed by atoms with Gasteiger partial charge in [0.25, 0.3) is 0 Å². The van der Waals surface area contributed by atoms with Crippen LogP contribution in [-0.2, 0) is 51.0 Å². The first-order valence-electron chi connectivity index (χ1n) is 16.9. The Balaban J connectivity index is 1.42. The van der Waals surface area contributed by atoms with E-state index in [4.69, 9.17) is 14.2 Å². The number of aliphatic hydroxyl groups is 1. The number of fused-ring (bicyclic) bond motifs is 1. The second-order valence-corrected chi connectivity index (χ2v) is 13.2. The number of rotatable bonds is 18. The molecule has 7 atom stereocenters. The summed E-state index contributed by atoms with van der Waals surface area (Å²) >= 11 is 0. The van der Waals surface area contributed by atoms with E-state index < -0.39 is 78.7 Å². The molecule has 4 rings (SSSR count). The molecule has 2 aliphatic heterocycles. The number of aryl methyl sites for hydroxylation is 1. The van der Waals surface area contributed by atoms with Crippen LogP contribution in [-0.4, -0.2) is 113 Å². The number of β-amino-alcohol motifs (C(OH)–C–C–N with tert-alkyl or cyclic N) is 1. The van der Waals surface area contributed by atoms with E-state index in [1.165, 1.54) is 0 Å². The van der Waals surface area contributed by atoms with Crippen molar-refractivity contribution < 1.29 is 53.5 Å². The highest BCUT2D eigenvalue weighted by Gasteiger charge is 2.51. The van der Waals surface area contributed by atoms with Gasteiger partial charge in [0, 0.05) is 37.8 Å². The number of hydrogen-bond donors (Lipinski definition) is 5. The maximum Gasteiger partial charge on any atom is 0.326 e. The molecule has 5 N–H and O–H groups in total. The predicted molar refractivity (Wildman–Crippen MR) is 179 cm³/mol. The topological polar surface area (TPSA) is 201 Å². The lowest BCUT2D eigenvalue weighted by Crippen LogP contribution is -2.57. The minimum atomic E-state index is -1.57. The number of carboxylic acids is 2. The van der Waals surface area contributed by atoms with Crippen molar-refractivity contribution >= 4 is 29.7 Å². The SMILES string of the molecule is CC(C)CO[C@@H]1C[C@@H]2[C@@H]([C@@H](COC(=O)CCc3ccccc3)O1)N(CC(=O)N[C@@H](CC(=O)O)C(=O)N[C@@H](Cc1ccccc1)C(=O)O)C[C@H]2O. The first-order chi connectivity index (χ1) is 23.9. The van der Waals surface area contributed by atoms with E-state index in [0.29, 0.717) is 25.0 Å². The zero-order valence-corrected chi connectivity index (χ0v) is 28.3. The number of amides is 2. The molecule has 0 saturated carbocycles. The molecule has 2 aliphatic rings. The minimum Gasteiger partial charge on any atom is -0.481 e. The van der Waals surface area contributed by atoms with Gasteiger partial charge in [0.2, 0.25) is 11.8 Å². The maximum absolute atomic E-state index is 13.3. The smallest absolute Gasteiger partial charge is 0.326 e. The number of likely N-dealkylation sites (tertiary alicyclic amines) is 1. The molecular weight excluding hydrogens is 650 g/mol. The van der Waals surface area contributed by atoms with Crippen LogP contribution in [0.3, 0.4) is 0 Å². The number of benzene rings is 2. The Bertz CT molecular complexity index is 1440. The number of hydrogen-bond acceptors (Lipinski definition) is 10. The summed E-state index contributed by atoms with van der Waals surface area (Å²) in [5.74, 6) is -4.98. The van der Waals surface area contributed by atoms with E-state index in [2.05, 4.69) is 10.6 Å². The van der Waals surface area contributed by atoms with E-state index in [1.54, 1.807) is 35.2 Å². The lowest BCUT2D eigenvalue weighted by atomic mass is 9.88. The molecule has 0 radical (unpaired) electrons. The Morgan fingerprint density at radius 1 is 0.940 bits per heavy atom. The second kappa shape index (κ2) is 18.6. The number of aliphatic hydroxyl groups excluding tert-OH is 1. The summed E-state index contributed by atoms with van der Waals surface area (Å²) in [6, 6.07) is 14.6. The van der Waals surface area contributed by atoms with Gasteiger partial charge >= 0.3 is 17.9 Å². The van der Waals surface area contributed by atoms with E-state index in [-0.39, 0.29) is 38.5 Å². The van der Waals surface area contributed by atoms with Crippen LogP contribution in [0.5, 0.6) is 0 Å². The van der Waals surface area contributed by atoms with Crippen molar-refractivity contribution in [2.24, 2.45) is 11.8 Å². The van der Waals surface area contributed by atoms with Gasteiger partial charge in [0.15, 0.2) is 6.29 Å². The molecule has 14 heteroatoms. The van der Waals surface area contributed by atoms with Crippen molar-refractivity contribution in [2.45, 2.75) is 82.6 Å². The van der Waals surface area contributed by atoms with Crippen molar-refractivity contribution in [1.29, 1.82) is 0 Å². The molecular formula is C36H47N3O11. The maximum atomic E-state index is 13.3. The van der Waals surface area contributed by atoms with Crippen LogP contribution in [0.1, 0.15) is 44.2 Å². The molecule has 0 spiro atoms. The van der Waals surface area contributed by atoms with Crippen molar-refractivity contribution in [2.75, 3.05) is 26.3 Å². The molecule has 2 heterocycles. The van der Waals surface area contributed by atoms with E-state index in [9.17, 15) is 39.3 Å². The van der Waals surface area contributed by atoms with Crippen LogP contribution < -0.4 is 10.6 Å². The fourth-order valence-corrected chi connectivity index (χ4v) is 6.34. The molecule has 0 aliphatic carbocycles. The molecule has 0 bridgehead atoms. The van der Waals surface area contributed by atoms with Crippen LogP contribution in [0.2, 0.25) is 0 Å². The highest BCUT2D eigenvalue weighted by Crippen LogP contribution is 2.37. The number of nitrogens with one attached hydrogen (secondary N) is 2. The molecule has 2 aromatic rings. The van der Waals surface area contributed by atoms with Gasteiger partial charge in [0.1, 0.15) is 24.8 Å².